The number of imidazole rings is 1. The van der Waals surface area contributed by atoms with Gasteiger partial charge in [0, 0.05) is 43.9 Å². The number of carbonyl (C=O) groups is 2. The van der Waals surface area contributed by atoms with Crippen molar-refractivity contribution >= 4 is 29.1 Å². The number of allylic oxidation sites excluding steroid dienone is 2. The van der Waals surface area contributed by atoms with Crippen LogP contribution in [0.25, 0.3) is 11.2 Å². The van der Waals surface area contributed by atoms with Crippen molar-refractivity contribution in [3.63, 3.8) is 0 Å². The number of hydrogen-bond donors (Lipinski definition) is 3. The van der Waals surface area contributed by atoms with Gasteiger partial charge in [-0.15, -0.1) is 0 Å². The summed E-state index contributed by atoms with van der Waals surface area (Å²) in [4.78, 5) is 59.4. The van der Waals surface area contributed by atoms with E-state index in [0.717, 1.165) is 23.0 Å². The van der Waals surface area contributed by atoms with Crippen LogP contribution in [0.1, 0.15) is 63.4 Å². The van der Waals surface area contributed by atoms with Crippen molar-refractivity contribution in [1.29, 1.82) is 0 Å². The Labute approximate surface area is 248 Å². The van der Waals surface area contributed by atoms with Gasteiger partial charge in [-0.3, -0.25) is 18.7 Å². The molecule has 1 saturated heterocycles. The molecule has 2 unspecified atom stereocenters. The van der Waals surface area contributed by atoms with Crippen molar-refractivity contribution in [2.75, 3.05) is 18.0 Å². The molecule has 0 radical (unpaired) electrons. The number of rotatable bonds is 6. The molecule has 2 amide bonds. The van der Waals surface area contributed by atoms with Crippen molar-refractivity contribution in [3.05, 3.63) is 67.9 Å². The van der Waals surface area contributed by atoms with Gasteiger partial charge in [0.1, 0.15) is 5.60 Å². The van der Waals surface area contributed by atoms with Crippen LogP contribution in [-0.2, 0) is 30.6 Å². The van der Waals surface area contributed by atoms with Crippen LogP contribution in [-0.4, -0.2) is 60.5 Å². The number of alkyl carbamates (subject to hydrolysis) is 1. The Morgan fingerprint density at radius 2 is 1.93 bits per heavy atom. The van der Waals surface area contributed by atoms with Crippen LogP contribution in [0.3, 0.4) is 0 Å². The first-order chi connectivity index (χ1) is 20.2. The van der Waals surface area contributed by atoms with Crippen LogP contribution < -0.4 is 26.8 Å². The first kappa shape index (κ1) is 30.1. The predicted molar refractivity (Wildman–Crippen MR) is 161 cm³/mol. The molecule has 230 valence electrons. The van der Waals surface area contributed by atoms with E-state index in [4.69, 9.17) is 9.72 Å². The number of aliphatic hydroxyl groups is 1. The smallest absolute Gasteiger partial charge is 0.407 e. The van der Waals surface area contributed by atoms with E-state index in [1.165, 1.54) is 11.6 Å². The van der Waals surface area contributed by atoms with Gasteiger partial charge in [-0.1, -0.05) is 29.8 Å². The fourth-order valence-electron chi connectivity index (χ4n) is 5.66. The average molecular weight is 594 g/mol. The molecule has 13 nitrogen and oxygen atoms in total. The van der Waals surface area contributed by atoms with Gasteiger partial charge in [-0.2, -0.15) is 4.98 Å². The third-order valence-electron chi connectivity index (χ3n) is 7.64. The monoisotopic (exact) mass is 593 g/mol. The molecule has 4 heterocycles. The summed E-state index contributed by atoms with van der Waals surface area (Å²) in [7, 11) is 1.52. The SMILES string of the molecule is CC(C)=CCn1c(N2CCCC(NC(=O)OC(C)(C)C)C2)nc2c1c(=O)n(CC1(O)NC(=O)c3ccccc31)c(=O)n2C. The molecule has 2 aliphatic rings. The normalized spacial score (nSPS) is 20.1. The Kier molecular flexibility index (Phi) is 7.71. The Balaban J connectivity index is 1.57. The van der Waals surface area contributed by atoms with Crippen LogP contribution in [0.2, 0.25) is 0 Å². The highest BCUT2D eigenvalue weighted by Gasteiger charge is 2.42. The Bertz CT molecular complexity index is 1740. The fraction of sp³-hybridized carbons (Fsp3) is 0.500. The molecule has 0 saturated carbocycles. The predicted octanol–water partition coefficient (Wildman–Crippen LogP) is 1.95. The summed E-state index contributed by atoms with van der Waals surface area (Å²) in [6, 6.07) is 6.33. The van der Waals surface area contributed by atoms with Crippen molar-refractivity contribution in [3.8, 4) is 0 Å². The molecule has 3 aromatic rings. The zero-order valence-corrected chi connectivity index (χ0v) is 25.4. The summed E-state index contributed by atoms with van der Waals surface area (Å²) in [5, 5.41) is 17.0. The maximum Gasteiger partial charge on any atom is 0.407 e. The number of nitrogens with zero attached hydrogens (tertiary/aromatic N) is 5. The maximum atomic E-state index is 14.1. The van der Waals surface area contributed by atoms with Gasteiger partial charge in [0.15, 0.2) is 16.9 Å². The van der Waals surface area contributed by atoms with Gasteiger partial charge >= 0.3 is 11.8 Å². The van der Waals surface area contributed by atoms with Crippen LogP contribution in [0, 0.1) is 0 Å². The first-order valence-corrected chi connectivity index (χ1v) is 14.4. The minimum atomic E-state index is -1.95. The third kappa shape index (κ3) is 5.81. The zero-order chi connectivity index (χ0) is 31.3. The molecular formula is C30H39N7O6. The van der Waals surface area contributed by atoms with E-state index in [1.54, 1.807) is 49.6 Å². The van der Waals surface area contributed by atoms with E-state index in [1.807, 2.05) is 24.8 Å². The number of piperidine rings is 1. The van der Waals surface area contributed by atoms with E-state index in [0.29, 0.717) is 31.1 Å². The molecule has 43 heavy (non-hydrogen) atoms. The second kappa shape index (κ2) is 11.0. The number of ether oxygens (including phenoxy) is 1. The average Bonchev–Trinajstić information content (AvgIpc) is 3.43. The molecule has 1 aromatic carbocycles. The zero-order valence-electron chi connectivity index (χ0n) is 25.4. The highest BCUT2D eigenvalue weighted by atomic mass is 16.6. The van der Waals surface area contributed by atoms with Gasteiger partial charge in [-0.25, -0.2) is 9.59 Å². The quantitative estimate of drug-likeness (QED) is 0.367. The fourth-order valence-corrected chi connectivity index (χ4v) is 5.66. The van der Waals surface area contributed by atoms with E-state index in [-0.39, 0.29) is 22.8 Å². The molecule has 1 fully saturated rings. The van der Waals surface area contributed by atoms with Crippen molar-refractivity contribution in [2.24, 2.45) is 7.05 Å². The van der Waals surface area contributed by atoms with Gasteiger partial charge in [0.25, 0.3) is 11.5 Å². The third-order valence-corrected chi connectivity index (χ3v) is 7.64. The van der Waals surface area contributed by atoms with Crippen LogP contribution in [0.4, 0.5) is 10.7 Å². The van der Waals surface area contributed by atoms with E-state index in [2.05, 4.69) is 10.6 Å². The van der Waals surface area contributed by atoms with Crippen LogP contribution >= 0.6 is 0 Å². The molecule has 0 bridgehead atoms. The number of carbonyl (C=O) groups excluding carboxylic acids is 2. The summed E-state index contributed by atoms with van der Waals surface area (Å²) in [6.45, 7) is 10.2. The number of hydrogen-bond acceptors (Lipinski definition) is 8. The molecular weight excluding hydrogens is 554 g/mol. The van der Waals surface area contributed by atoms with E-state index < -0.39 is 41.1 Å². The summed E-state index contributed by atoms with van der Waals surface area (Å²) in [5.41, 5.74) is -1.88. The Hall–Kier alpha value is -4.39. The molecule has 0 aliphatic carbocycles. The van der Waals surface area contributed by atoms with Crippen molar-refractivity contribution < 1.29 is 19.4 Å². The number of amides is 2. The molecule has 0 spiro atoms. The molecule has 3 N–H and O–H groups in total. The highest BCUT2D eigenvalue weighted by Crippen LogP contribution is 2.30. The number of nitrogens with one attached hydrogen (secondary N) is 2. The van der Waals surface area contributed by atoms with Gasteiger partial charge < -0.3 is 29.9 Å². The standard InChI is InChI=1S/C30H39N7O6/c1-18(2)13-15-36-22-23(32-26(36)35-14-9-10-19(16-35)31-27(40)43-29(3,4)5)34(6)28(41)37(25(22)39)17-30(42)21-12-8-7-11-20(21)24(38)33-30/h7-8,11-13,19,42H,9-10,14-17H2,1-6H3,(H,31,40)(H,33,38). The van der Waals surface area contributed by atoms with Gasteiger partial charge in [-0.05, 0) is 53.5 Å². The van der Waals surface area contributed by atoms with Gasteiger partial charge in [0.2, 0.25) is 5.95 Å². The summed E-state index contributed by atoms with van der Waals surface area (Å²) in [6.07, 6.45) is 2.98. The minimum absolute atomic E-state index is 0.193. The lowest BCUT2D eigenvalue weighted by molar-refractivity contribution is -0.00433. The Morgan fingerprint density at radius 1 is 1.21 bits per heavy atom. The summed E-state index contributed by atoms with van der Waals surface area (Å²) >= 11 is 0. The van der Waals surface area contributed by atoms with Crippen molar-refractivity contribution in [1.82, 2.24) is 29.3 Å². The number of aryl methyl sites for hydroxylation is 1. The lowest BCUT2D eigenvalue weighted by Gasteiger charge is -2.34. The van der Waals surface area contributed by atoms with Crippen LogP contribution in [0.15, 0.2) is 45.5 Å². The Morgan fingerprint density at radius 3 is 2.63 bits per heavy atom. The largest absolute Gasteiger partial charge is 0.444 e. The highest BCUT2D eigenvalue weighted by molar-refractivity contribution is 5.99. The number of aromatic nitrogens is 4. The minimum Gasteiger partial charge on any atom is -0.444 e. The number of fused-ring (bicyclic) bond motifs is 2. The number of anilines is 1. The van der Waals surface area contributed by atoms with Gasteiger partial charge in [0.05, 0.1) is 6.54 Å². The topological polar surface area (TPSA) is 153 Å². The second-order valence-electron chi connectivity index (χ2n) is 12.5. The lowest BCUT2D eigenvalue weighted by Crippen LogP contribution is -2.50. The van der Waals surface area contributed by atoms with Crippen molar-refractivity contribution in [2.45, 2.75) is 77.9 Å². The maximum absolute atomic E-state index is 14.1. The second-order valence-corrected chi connectivity index (χ2v) is 12.5. The summed E-state index contributed by atoms with van der Waals surface area (Å²) in [5.74, 6) is 0.00541. The molecule has 2 aromatic heterocycles. The molecule has 2 atom stereocenters. The molecule has 5 rings (SSSR count). The van der Waals surface area contributed by atoms with E-state index >= 15 is 0 Å². The molecule has 13 heteroatoms. The lowest BCUT2D eigenvalue weighted by atomic mass is 10.0. The molecule has 2 aliphatic heterocycles. The summed E-state index contributed by atoms with van der Waals surface area (Å²) < 4.78 is 9.43. The first-order valence-electron chi connectivity index (χ1n) is 14.4. The van der Waals surface area contributed by atoms with E-state index in [9.17, 15) is 24.3 Å². The van der Waals surface area contributed by atoms with Crippen LogP contribution in [0.5, 0.6) is 0 Å². The number of benzene rings is 1.